The molecule has 2 aliphatic rings. The van der Waals surface area contributed by atoms with E-state index in [0.717, 1.165) is 25.6 Å². The van der Waals surface area contributed by atoms with Crippen molar-refractivity contribution < 1.29 is 8.42 Å². The summed E-state index contributed by atoms with van der Waals surface area (Å²) in [6.07, 6.45) is 4.01. The fourth-order valence-corrected chi connectivity index (χ4v) is 3.62. The molecule has 2 fully saturated rings. The van der Waals surface area contributed by atoms with Gasteiger partial charge in [0, 0.05) is 25.9 Å². The van der Waals surface area contributed by atoms with Gasteiger partial charge >= 0.3 is 0 Å². The van der Waals surface area contributed by atoms with E-state index in [2.05, 4.69) is 11.8 Å². The van der Waals surface area contributed by atoms with Gasteiger partial charge in [0.1, 0.15) is 9.84 Å². The van der Waals surface area contributed by atoms with Crippen LogP contribution in [0.1, 0.15) is 19.8 Å². The van der Waals surface area contributed by atoms with E-state index in [1.165, 1.54) is 19.1 Å². The van der Waals surface area contributed by atoms with E-state index in [4.69, 9.17) is 0 Å². The van der Waals surface area contributed by atoms with E-state index in [1.54, 1.807) is 0 Å². The Morgan fingerprint density at radius 2 is 1.93 bits per heavy atom. The normalized spacial score (nSPS) is 27.3. The van der Waals surface area contributed by atoms with E-state index < -0.39 is 9.84 Å². The van der Waals surface area contributed by atoms with Gasteiger partial charge in [0.05, 0.1) is 5.75 Å². The summed E-state index contributed by atoms with van der Waals surface area (Å²) in [5, 5.41) is 0. The van der Waals surface area contributed by atoms with Gasteiger partial charge < -0.3 is 4.90 Å². The Labute approximate surface area is 86.4 Å². The van der Waals surface area contributed by atoms with Gasteiger partial charge in [-0.05, 0) is 24.2 Å². The SMILES string of the molecule is CC1CC2(C1)CN(CCS(C)(=O)=O)C2. The van der Waals surface area contributed by atoms with Gasteiger partial charge in [0.25, 0.3) is 0 Å². The molecular formula is C10H19NO2S. The van der Waals surface area contributed by atoms with Gasteiger partial charge in [-0.15, -0.1) is 0 Å². The molecular weight excluding hydrogens is 198 g/mol. The standard InChI is InChI=1S/C10H19NO2S/c1-9-5-10(6-9)7-11(8-10)3-4-14(2,12)13/h9H,3-8H2,1-2H3. The Morgan fingerprint density at radius 1 is 1.36 bits per heavy atom. The van der Waals surface area contributed by atoms with Crippen molar-refractivity contribution in [2.24, 2.45) is 11.3 Å². The highest BCUT2D eigenvalue weighted by Gasteiger charge is 2.50. The third-order valence-electron chi connectivity index (χ3n) is 3.46. The van der Waals surface area contributed by atoms with Crippen molar-refractivity contribution >= 4 is 9.84 Å². The van der Waals surface area contributed by atoms with Crippen LogP contribution in [0.15, 0.2) is 0 Å². The van der Waals surface area contributed by atoms with Gasteiger partial charge in [-0.1, -0.05) is 6.92 Å². The highest BCUT2D eigenvalue weighted by atomic mass is 32.2. The molecule has 2 rings (SSSR count). The Bertz CT molecular complexity index is 309. The molecule has 3 nitrogen and oxygen atoms in total. The second-order valence-corrected chi connectivity index (χ2v) is 7.61. The third kappa shape index (κ3) is 2.11. The summed E-state index contributed by atoms with van der Waals surface area (Å²) in [7, 11) is -2.77. The maximum atomic E-state index is 10.9. The van der Waals surface area contributed by atoms with Crippen molar-refractivity contribution in [1.82, 2.24) is 4.90 Å². The highest BCUT2D eigenvalue weighted by molar-refractivity contribution is 7.90. The quantitative estimate of drug-likeness (QED) is 0.700. The first-order valence-electron chi connectivity index (χ1n) is 5.29. The van der Waals surface area contributed by atoms with Crippen molar-refractivity contribution in [2.45, 2.75) is 19.8 Å². The van der Waals surface area contributed by atoms with Crippen molar-refractivity contribution in [2.75, 3.05) is 31.6 Å². The summed E-state index contributed by atoms with van der Waals surface area (Å²) in [5.74, 6) is 1.21. The summed E-state index contributed by atoms with van der Waals surface area (Å²) in [4.78, 5) is 2.27. The lowest BCUT2D eigenvalue weighted by molar-refractivity contribution is -0.0859. The fourth-order valence-electron chi connectivity index (χ4n) is 3.03. The van der Waals surface area contributed by atoms with Crippen LogP contribution in [0.25, 0.3) is 0 Å². The van der Waals surface area contributed by atoms with Crippen LogP contribution >= 0.6 is 0 Å². The number of likely N-dealkylation sites (tertiary alicyclic amines) is 1. The number of nitrogens with zero attached hydrogens (tertiary/aromatic N) is 1. The predicted molar refractivity (Wildman–Crippen MR) is 57.0 cm³/mol. The summed E-state index contributed by atoms with van der Waals surface area (Å²) >= 11 is 0. The largest absolute Gasteiger partial charge is 0.301 e. The van der Waals surface area contributed by atoms with Crippen molar-refractivity contribution in [3.8, 4) is 0 Å². The molecule has 1 saturated heterocycles. The third-order valence-corrected chi connectivity index (χ3v) is 4.38. The van der Waals surface area contributed by atoms with Crippen molar-refractivity contribution in [3.63, 3.8) is 0 Å². The van der Waals surface area contributed by atoms with Crippen molar-refractivity contribution in [3.05, 3.63) is 0 Å². The van der Waals surface area contributed by atoms with Gasteiger partial charge in [-0.25, -0.2) is 8.42 Å². The summed E-state index contributed by atoms with van der Waals surface area (Å²) in [6.45, 7) is 5.29. The van der Waals surface area contributed by atoms with E-state index in [9.17, 15) is 8.42 Å². The molecule has 1 aliphatic heterocycles. The first-order valence-corrected chi connectivity index (χ1v) is 7.35. The highest BCUT2D eigenvalue weighted by Crippen LogP contribution is 2.51. The van der Waals surface area contributed by atoms with Crippen LogP contribution in [0.2, 0.25) is 0 Å². The molecule has 14 heavy (non-hydrogen) atoms. The minimum Gasteiger partial charge on any atom is -0.301 e. The molecule has 0 bridgehead atoms. The van der Waals surface area contributed by atoms with Crippen LogP contribution in [-0.4, -0.2) is 45.0 Å². The molecule has 1 aliphatic carbocycles. The maximum Gasteiger partial charge on any atom is 0.148 e. The molecule has 0 aromatic heterocycles. The Kier molecular flexibility index (Phi) is 2.39. The Hall–Kier alpha value is -0.0900. The van der Waals surface area contributed by atoms with Gasteiger partial charge in [0.15, 0.2) is 0 Å². The zero-order valence-electron chi connectivity index (χ0n) is 8.99. The first-order chi connectivity index (χ1) is 6.39. The second kappa shape index (κ2) is 3.20. The van der Waals surface area contributed by atoms with Crippen LogP contribution in [-0.2, 0) is 9.84 Å². The monoisotopic (exact) mass is 217 g/mol. The molecule has 4 heteroatoms. The minimum atomic E-state index is -2.77. The van der Waals surface area contributed by atoms with Crippen molar-refractivity contribution in [1.29, 1.82) is 0 Å². The fraction of sp³-hybridized carbons (Fsp3) is 1.00. The topological polar surface area (TPSA) is 37.4 Å². The smallest absolute Gasteiger partial charge is 0.148 e. The molecule has 1 heterocycles. The number of hydrogen-bond acceptors (Lipinski definition) is 3. The first kappa shape index (κ1) is 10.4. The molecule has 1 saturated carbocycles. The van der Waals surface area contributed by atoms with Gasteiger partial charge in [-0.2, -0.15) is 0 Å². The van der Waals surface area contributed by atoms with E-state index in [0.29, 0.717) is 11.2 Å². The minimum absolute atomic E-state index is 0.318. The lowest BCUT2D eigenvalue weighted by Gasteiger charge is -2.58. The number of hydrogen-bond donors (Lipinski definition) is 0. The molecule has 0 radical (unpaired) electrons. The van der Waals surface area contributed by atoms with Gasteiger partial charge in [-0.3, -0.25) is 0 Å². The molecule has 0 N–H and O–H groups in total. The maximum absolute atomic E-state index is 10.9. The zero-order chi connectivity index (χ0) is 10.4. The summed E-state index contributed by atoms with van der Waals surface area (Å²) < 4.78 is 21.9. The average Bonchev–Trinajstić information content (AvgIpc) is 1.89. The predicted octanol–water partition coefficient (Wildman–Crippen LogP) is 0.763. The van der Waals surface area contributed by atoms with Crippen LogP contribution < -0.4 is 0 Å². The van der Waals surface area contributed by atoms with E-state index in [-0.39, 0.29) is 0 Å². The zero-order valence-corrected chi connectivity index (χ0v) is 9.81. The molecule has 0 aromatic carbocycles. The second-order valence-electron chi connectivity index (χ2n) is 5.35. The molecule has 82 valence electrons. The van der Waals surface area contributed by atoms with Crippen LogP contribution in [0.4, 0.5) is 0 Å². The molecule has 0 atom stereocenters. The van der Waals surface area contributed by atoms with Crippen LogP contribution in [0.5, 0.6) is 0 Å². The molecule has 0 aromatic rings. The Morgan fingerprint density at radius 3 is 2.36 bits per heavy atom. The van der Waals surface area contributed by atoms with Crippen LogP contribution in [0.3, 0.4) is 0 Å². The molecule has 0 unspecified atom stereocenters. The molecule has 0 amide bonds. The Balaban J connectivity index is 1.69. The van der Waals surface area contributed by atoms with E-state index >= 15 is 0 Å². The lowest BCUT2D eigenvalue weighted by atomic mass is 9.58. The summed E-state index contributed by atoms with van der Waals surface area (Å²) in [6, 6.07) is 0. The van der Waals surface area contributed by atoms with Gasteiger partial charge in [0.2, 0.25) is 0 Å². The number of rotatable bonds is 3. The molecule has 1 spiro atoms. The summed E-state index contributed by atoms with van der Waals surface area (Å²) in [5.41, 5.74) is 0.594. The van der Waals surface area contributed by atoms with Crippen LogP contribution in [0, 0.1) is 11.3 Å². The average molecular weight is 217 g/mol. The number of sulfone groups is 1. The lowest BCUT2D eigenvalue weighted by Crippen LogP contribution is -2.62. The van der Waals surface area contributed by atoms with E-state index in [1.807, 2.05) is 0 Å².